The predicted molar refractivity (Wildman–Crippen MR) is 79.9 cm³/mol. The van der Waals surface area contributed by atoms with Crippen LogP contribution in [0.3, 0.4) is 0 Å². The van der Waals surface area contributed by atoms with E-state index < -0.39 is 27.7 Å². The highest BCUT2D eigenvalue weighted by Crippen LogP contribution is 2.15. The summed E-state index contributed by atoms with van der Waals surface area (Å²) in [6.07, 6.45) is 0.0348. The zero-order valence-corrected chi connectivity index (χ0v) is 12.7. The summed E-state index contributed by atoms with van der Waals surface area (Å²) in [4.78, 5) is 23.4. The third-order valence-electron chi connectivity index (χ3n) is 3.03. The zero-order valence-electron chi connectivity index (χ0n) is 11.1. The molecule has 1 aromatic rings. The number of nitrogens with one attached hydrogen (secondary N) is 2. The minimum absolute atomic E-state index is 0.0609. The standard InChI is InChI=1S/C13H15ClN2O4S/c14-9-2-1-3-10(6-9)15-12(17)7-13(18)16-11-4-5-21(19,20)8-11/h1-3,6,11H,4-5,7-8H2,(H,15,17)(H,16,18). The van der Waals surface area contributed by atoms with E-state index in [0.717, 1.165) is 0 Å². The van der Waals surface area contributed by atoms with E-state index >= 15 is 0 Å². The number of carbonyl (C=O) groups is 2. The van der Waals surface area contributed by atoms with Crippen LogP contribution in [0.1, 0.15) is 12.8 Å². The van der Waals surface area contributed by atoms with Gasteiger partial charge in [0.1, 0.15) is 6.42 Å². The van der Waals surface area contributed by atoms with E-state index in [4.69, 9.17) is 11.6 Å². The minimum Gasteiger partial charge on any atom is -0.352 e. The molecule has 8 heteroatoms. The van der Waals surface area contributed by atoms with Crippen molar-refractivity contribution in [3.8, 4) is 0 Å². The fraction of sp³-hybridized carbons (Fsp3) is 0.385. The number of halogens is 1. The van der Waals surface area contributed by atoms with Crippen molar-refractivity contribution in [1.82, 2.24) is 5.32 Å². The summed E-state index contributed by atoms with van der Waals surface area (Å²) in [6, 6.07) is 6.18. The van der Waals surface area contributed by atoms with E-state index in [9.17, 15) is 18.0 Å². The Hall–Kier alpha value is -1.60. The molecule has 0 bridgehead atoms. The Labute approximate surface area is 127 Å². The fourth-order valence-corrected chi connectivity index (χ4v) is 3.97. The van der Waals surface area contributed by atoms with Gasteiger partial charge in [0.05, 0.1) is 11.5 Å². The lowest BCUT2D eigenvalue weighted by atomic mass is 10.2. The lowest BCUT2D eigenvalue weighted by Crippen LogP contribution is -2.37. The summed E-state index contributed by atoms with van der Waals surface area (Å²) in [5.74, 6) is -0.950. The van der Waals surface area contributed by atoms with Crippen LogP contribution in [-0.2, 0) is 19.4 Å². The van der Waals surface area contributed by atoms with Crippen molar-refractivity contribution < 1.29 is 18.0 Å². The van der Waals surface area contributed by atoms with Crippen molar-refractivity contribution in [2.75, 3.05) is 16.8 Å². The molecule has 0 radical (unpaired) electrons. The number of amides is 2. The first-order valence-electron chi connectivity index (χ1n) is 6.39. The number of hydrogen-bond donors (Lipinski definition) is 2. The smallest absolute Gasteiger partial charge is 0.233 e. The molecule has 6 nitrogen and oxygen atoms in total. The molecule has 0 aliphatic carbocycles. The molecule has 1 atom stereocenters. The predicted octanol–water partition coefficient (Wildman–Crippen LogP) is 0.972. The monoisotopic (exact) mass is 330 g/mol. The van der Waals surface area contributed by atoms with Gasteiger partial charge < -0.3 is 10.6 Å². The third-order valence-corrected chi connectivity index (χ3v) is 5.03. The number of hydrogen-bond acceptors (Lipinski definition) is 4. The van der Waals surface area contributed by atoms with E-state index in [1.165, 1.54) is 0 Å². The Morgan fingerprint density at radius 1 is 1.29 bits per heavy atom. The van der Waals surface area contributed by atoms with Crippen LogP contribution in [0.5, 0.6) is 0 Å². The van der Waals surface area contributed by atoms with Crippen LogP contribution < -0.4 is 10.6 Å². The maximum atomic E-state index is 11.7. The molecule has 114 valence electrons. The average Bonchev–Trinajstić information content (AvgIpc) is 2.67. The van der Waals surface area contributed by atoms with Gasteiger partial charge in [0.15, 0.2) is 9.84 Å². The molecule has 0 saturated carbocycles. The maximum Gasteiger partial charge on any atom is 0.233 e. The highest BCUT2D eigenvalue weighted by Gasteiger charge is 2.29. The van der Waals surface area contributed by atoms with Gasteiger partial charge >= 0.3 is 0 Å². The lowest BCUT2D eigenvalue weighted by molar-refractivity contribution is -0.127. The van der Waals surface area contributed by atoms with Crippen molar-refractivity contribution >= 4 is 38.9 Å². The topological polar surface area (TPSA) is 92.3 Å². The van der Waals surface area contributed by atoms with Crippen molar-refractivity contribution in [3.05, 3.63) is 29.3 Å². The summed E-state index contributed by atoms with van der Waals surface area (Å²) >= 11 is 5.79. The summed E-state index contributed by atoms with van der Waals surface area (Å²) < 4.78 is 22.5. The average molecular weight is 331 g/mol. The molecule has 1 saturated heterocycles. The van der Waals surface area contributed by atoms with E-state index in [1.54, 1.807) is 24.3 Å². The highest BCUT2D eigenvalue weighted by molar-refractivity contribution is 7.91. The molecule has 2 rings (SSSR count). The van der Waals surface area contributed by atoms with Gasteiger partial charge in [0.2, 0.25) is 11.8 Å². The summed E-state index contributed by atoms with van der Waals surface area (Å²) in [6.45, 7) is 0. The van der Waals surface area contributed by atoms with Crippen LogP contribution in [0.15, 0.2) is 24.3 Å². The first kappa shape index (κ1) is 15.8. The Morgan fingerprint density at radius 3 is 2.67 bits per heavy atom. The molecule has 2 N–H and O–H groups in total. The van der Waals surface area contributed by atoms with Gasteiger partial charge in [-0.2, -0.15) is 0 Å². The number of rotatable bonds is 4. The van der Waals surface area contributed by atoms with Crippen LogP contribution in [0.25, 0.3) is 0 Å². The molecule has 1 heterocycles. The van der Waals surface area contributed by atoms with Crippen molar-refractivity contribution in [1.29, 1.82) is 0 Å². The van der Waals surface area contributed by atoms with E-state index in [0.29, 0.717) is 17.1 Å². The van der Waals surface area contributed by atoms with Gasteiger partial charge in [0.25, 0.3) is 0 Å². The largest absolute Gasteiger partial charge is 0.352 e. The third kappa shape index (κ3) is 5.02. The molecule has 1 aromatic carbocycles. The number of sulfone groups is 1. The molecule has 1 aliphatic rings. The molecular formula is C13H15ClN2O4S. The van der Waals surface area contributed by atoms with Gasteiger partial charge in [-0.05, 0) is 24.6 Å². The van der Waals surface area contributed by atoms with Crippen LogP contribution in [0.2, 0.25) is 5.02 Å². The SMILES string of the molecule is O=C(CC(=O)NC1CCS(=O)(=O)C1)Nc1cccc(Cl)c1. The maximum absolute atomic E-state index is 11.7. The lowest BCUT2D eigenvalue weighted by Gasteiger charge is -2.11. The second-order valence-corrected chi connectivity index (χ2v) is 7.57. The number of benzene rings is 1. The van der Waals surface area contributed by atoms with Crippen LogP contribution >= 0.6 is 11.6 Å². The van der Waals surface area contributed by atoms with Crippen LogP contribution in [0.4, 0.5) is 5.69 Å². The zero-order chi connectivity index (χ0) is 15.5. The molecule has 21 heavy (non-hydrogen) atoms. The summed E-state index contributed by atoms with van der Waals surface area (Å²) in [5, 5.41) is 5.59. The summed E-state index contributed by atoms with van der Waals surface area (Å²) in [5.41, 5.74) is 0.503. The number of anilines is 1. The fourth-order valence-electron chi connectivity index (χ4n) is 2.10. The Morgan fingerprint density at radius 2 is 2.05 bits per heavy atom. The summed E-state index contributed by atoms with van der Waals surface area (Å²) in [7, 11) is -3.05. The van der Waals surface area contributed by atoms with Gasteiger partial charge in [-0.1, -0.05) is 17.7 Å². The van der Waals surface area contributed by atoms with E-state index in [-0.39, 0.29) is 17.9 Å². The van der Waals surface area contributed by atoms with Gasteiger partial charge in [-0.15, -0.1) is 0 Å². The molecule has 0 aromatic heterocycles. The quantitative estimate of drug-likeness (QED) is 0.805. The Balaban J connectivity index is 1.81. The number of carbonyl (C=O) groups excluding carboxylic acids is 2. The molecular weight excluding hydrogens is 316 g/mol. The molecule has 1 aliphatic heterocycles. The molecule has 0 spiro atoms. The van der Waals surface area contributed by atoms with Gasteiger partial charge in [0, 0.05) is 16.8 Å². The first-order valence-corrected chi connectivity index (χ1v) is 8.59. The van der Waals surface area contributed by atoms with Crippen molar-refractivity contribution in [3.63, 3.8) is 0 Å². The van der Waals surface area contributed by atoms with E-state index in [1.807, 2.05) is 0 Å². The van der Waals surface area contributed by atoms with Gasteiger partial charge in [-0.25, -0.2) is 8.42 Å². The van der Waals surface area contributed by atoms with Gasteiger partial charge in [-0.3, -0.25) is 9.59 Å². The minimum atomic E-state index is -3.05. The molecule has 1 fully saturated rings. The second kappa shape index (κ2) is 6.44. The molecule has 1 unspecified atom stereocenters. The Bertz CT molecular complexity index is 660. The van der Waals surface area contributed by atoms with E-state index in [2.05, 4.69) is 10.6 Å². The normalized spacial score (nSPS) is 20.0. The molecule has 2 amide bonds. The van der Waals surface area contributed by atoms with Crippen molar-refractivity contribution in [2.24, 2.45) is 0 Å². The second-order valence-electron chi connectivity index (χ2n) is 4.90. The van der Waals surface area contributed by atoms with Crippen LogP contribution in [0, 0.1) is 0 Å². The highest BCUT2D eigenvalue weighted by atomic mass is 35.5. The van der Waals surface area contributed by atoms with Crippen molar-refractivity contribution in [2.45, 2.75) is 18.9 Å². The van der Waals surface area contributed by atoms with Crippen LogP contribution in [-0.4, -0.2) is 37.8 Å². The first-order chi connectivity index (χ1) is 9.84. The Kier molecular flexibility index (Phi) is 4.84.